The van der Waals surface area contributed by atoms with Crippen molar-refractivity contribution in [3.05, 3.63) is 35.4 Å². The van der Waals surface area contributed by atoms with Crippen LogP contribution in [0.2, 0.25) is 0 Å². The fourth-order valence-corrected chi connectivity index (χ4v) is 2.13. The van der Waals surface area contributed by atoms with Crippen LogP contribution in [0.1, 0.15) is 37.8 Å². The van der Waals surface area contributed by atoms with Gasteiger partial charge in [0.05, 0.1) is 25.4 Å². The number of rotatable bonds is 9. The van der Waals surface area contributed by atoms with Crippen molar-refractivity contribution in [2.75, 3.05) is 13.2 Å². The molecule has 0 aromatic heterocycles. The van der Waals surface area contributed by atoms with Crippen molar-refractivity contribution < 1.29 is 14.9 Å². The SMILES string of the molecule is CCC(O)COCC(O)CCc1ccc(C2(C)C=N2)cc1. The van der Waals surface area contributed by atoms with Gasteiger partial charge in [-0.15, -0.1) is 0 Å². The molecule has 0 saturated heterocycles. The zero-order valence-corrected chi connectivity index (χ0v) is 12.8. The van der Waals surface area contributed by atoms with Gasteiger partial charge in [0.1, 0.15) is 5.54 Å². The minimum atomic E-state index is -0.488. The van der Waals surface area contributed by atoms with Crippen molar-refractivity contribution >= 4 is 6.21 Å². The highest BCUT2D eigenvalue weighted by molar-refractivity contribution is 5.85. The van der Waals surface area contributed by atoms with Crippen molar-refractivity contribution in [2.24, 2.45) is 4.99 Å². The topological polar surface area (TPSA) is 62.0 Å². The summed E-state index contributed by atoms with van der Waals surface area (Å²) in [6, 6.07) is 8.39. The van der Waals surface area contributed by atoms with Gasteiger partial charge >= 0.3 is 0 Å². The first-order chi connectivity index (χ1) is 10.0. The molecule has 0 spiro atoms. The lowest BCUT2D eigenvalue weighted by molar-refractivity contribution is -0.0102. The van der Waals surface area contributed by atoms with E-state index in [2.05, 4.69) is 36.2 Å². The highest BCUT2D eigenvalue weighted by Gasteiger charge is 2.32. The van der Waals surface area contributed by atoms with E-state index in [-0.39, 0.29) is 12.1 Å². The van der Waals surface area contributed by atoms with Crippen LogP contribution >= 0.6 is 0 Å². The summed E-state index contributed by atoms with van der Waals surface area (Å²) in [5.74, 6) is 0. The number of hydrogen-bond acceptors (Lipinski definition) is 4. The maximum Gasteiger partial charge on any atom is 0.117 e. The first-order valence-electron chi connectivity index (χ1n) is 7.63. The summed E-state index contributed by atoms with van der Waals surface area (Å²) < 4.78 is 5.29. The van der Waals surface area contributed by atoms with E-state index in [0.717, 1.165) is 6.42 Å². The first kappa shape index (κ1) is 16.1. The highest BCUT2D eigenvalue weighted by Crippen LogP contribution is 2.32. The van der Waals surface area contributed by atoms with E-state index in [1.165, 1.54) is 11.1 Å². The Hall–Kier alpha value is -1.23. The standard InChI is InChI=1S/C17H25NO3/c1-3-15(19)10-21-11-16(20)9-6-13-4-7-14(8-5-13)17(2)12-18-17/h4-5,7-8,12,15-16,19-20H,3,6,9-11H2,1-2H3. The van der Waals surface area contributed by atoms with E-state index in [9.17, 15) is 10.2 Å². The smallest absolute Gasteiger partial charge is 0.117 e. The van der Waals surface area contributed by atoms with Gasteiger partial charge < -0.3 is 14.9 Å². The van der Waals surface area contributed by atoms with Crippen molar-refractivity contribution in [3.63, 3.8) is 0 Å². The fraction of sp³-hybridized carbons (Fsp3) is 0.588. The molecule has 0 amide bonds. The molecule has 0 aliphatic carbocycles. The zero-order chi connectivity index (χ0) is 15.3. The Morgan fingerprint density at radius 3 is 2.33 bits per heavy atom. The second kappa shape index (κ2) is 7.16. The minimum absolute atomic E-state index is 0.0774. The van der Waals surface area contributed by atoms with Crippen LogP contribution in [0.5, 0.6) is 0 Å². The summed E-state index contributed by atoms with van der Waals surface area (Å²) in [7, 11) is 0. The minimum Gasteiger partial charge on any atom is -0.391 e. The zero-order valence-electron chi connectivity index (χ0n) is 12.8. The lowest BCUT2D eigenvalue weighted by Crippen LogP contribution is -2.21. The Morgan fingerprint density at radius 2 is 1.76 bits per heavy atom. The molecule has 0 fully saturated rings. The highest BCUT2D eigenvalue weighted by atomic mass is 16.5. The van der Waals surface area contributed by atoms with Crippen LogP contribution in [0.15, 0.2) is 29.3 Å². The summed E-state index contributed by atoms with van der Waals surface area (Å²) >= 11 is 0. The van der Waals surface area contributed by atoms with Crippen LogP contribution in [0, 0.1) is 0 Å². The van der Waals surface area contributed by atoms with E-state index < -0.39 is 12.2 Å². The molecule has 1 heterocycles. The molecule has 1 aromatic carbocycles. The number of hydrogen-bond donors (Lipinski definition) is 2. The van der Waals surface area contributed by atoms with Gasteiger partial charge in [-0.3, -0.25) is 4.99 Å². The number of benzene rings is 1. The lowest BCUT2D eigenvalue weighted by Gasteiger charge is -2.14. The average molecular weight is 291 g/mol. The molecule has 21 heavy (non-hydrogen) atoms. The van der Waals surface area contributed by atoms with Crippen LogP contribution in [-0.4, -0.2) is 41.8 Å². The number of aryl methyl sites for hydroxylation is 1. The van der Waals surface area contributed by atoms with Gasteiger partial charge in [0.15, 0.2) is 0 Å². The normalized spacial score (nSPS) is 23.0. The quantitative estimate of drug-likeness (QED) is 0.732. The molecule has 116 valence electrons. The van der Waals surface area contributed by atoms with E-state index in [1.807, 2.05) is 13.1 Å². The van der Waals surface area contributed by atoms with Crippen molar-refractivity contribution in [3.8, 4) is 0 Å². The second-order valence-corrected chi connectivity index (χ2v) is 5.89. The molecule has 1 aliphatic rings. The first-order valence-corrected chi connectivity index (χ1v) is 7.63. The summed E-state index contributed by atoms with van der Waals surface area (Å²) in [5, 5.41) is 19.2. The van der Waals surface area contributed by atoms with Crippen molar-refractivity contribution in [2.45, 2.75) is 50.9 Å². The van der Waals surface area contributed by atoms with Gasteiger partial charge in [-0.2, -0.15) is 0 Å². The van der Waals surface area contributed by atoms with Gasteiger partial charge in [0.25, 0.3) is 0 Å². The summed E-state index contributed by atoms with van der Waals surface area (Å²) in [4.78, 5) is 4.26. The largest absolute Gasteiger partial charge is 0.391 e. The third-order valence-corrected chi connectivity index (χ3v) is 3.91. The van der Waals surface area contributed by atoms with Crippen molar-refractivity contribution in [1.82, 2.24) is 0 Å². The Kier molecular flexibility index (Phi) is 5.51. The molecule has 1 aromatic rings. The Balaban J connectivity index is 1.67. The average Bonchev–Trinajstić information content (AvgIpc) is 3.24. The molecule has 0 saturated carbocycles. The summed E-state index contributed by atoms with van der Waals surface area (Å²) in [6.07, 6.45) is 3.18. The molecule has 3 atom stereocenters. The second-order valence-electron chi connectivity index (χ2n) is 5.89. The summed E-state index contributed by atoms with van der Waals surface area (Å²) in [6.45, 7) is 4.57. The number of ether oxygens (including phenoxy) is 1. The van der Waals surface area contributed by atoms with Crippen molar-refractivity contribution in [1.29, 1.82) is 0 Å². The fourth-order valence-electron chi connectivity index (χ4n) is 2.13. The predicted molar refractivity (Wildman–Crippen MR) is 83.7 cm³/mol. The van der Waals surface area contributed by atoms with Gasteiger partial charge in [-0.05, 0) is 37.3 Å². The third kappa shape index (κ3) is 4.92. The molecule has 4 heteroatoms. The molecule has 1 aliphatic heterocycles. The maximum atomic E-state index is 9.86. The molecule has 2 rings (SSSR count). The van der Waals surface area contributed by atoms with Gasteiger partial charge in [0, 0.05) is 6.21 Å². The van der Waals surface area contributed by atoms with Gasteiger partial charge in [-0.25, -0.2) is 0 Å². The van der Waals surface area contributed by atoms with Crippen LogP contribution in [0.3, 0.4) is 0 Å². The molecule has 0 radical (unpaired) electrons. The molecule has 3 unspecified atom stereocenters. The van der Waals surface area contributed by atoms with Crippen LogP contribution in [0.4, 0.5) is 0 Å². The van der Waals surface area contributed by atoms with Gasteiger partial charge in [-0.1, -0.05) is 31.2 Å². The lowest BCUT2D eigenvalue weighted by atomic mass is 9.97. The monoisotopic (exact) mass is 291 g/mol. The van der Waals surface area contributed by atoms with E-state index in [1.54, 1.807) is 0 Å². The van der Waals surface area contributed by atoms with Gasteiger partial charge in [0.2, 0.25) is 0 Å². The van der Waals surface area contributed by atoms with Crippen LogP contribution in [0.25, 0.3) is 0 Å². The van der Waals surface area contributed by atoms with E-state index >= 15 is 0 Å². The van der Waals surface area contributed by atoms with E-state index in [4.69, 9.17) is 4.74 Å². The number of aliphatic hydroxyl groups is 2. The molecular weight excluding hydrogens is 266 g/mol. The Morgan fingerprint density at radius 1 is 1.14 bits per heavy atom. The molecule has 2 N–H and O–H groups in total. The van der Waals surface area contributed by atoms with E-state index in [0.29, 0.717) is 19.4 Å². The third-order valence-electron chi connectivity index (χ3n) is 3.91. The Bertz CT molecular complexity index is 463. The number of nitrogens with zero attached hydrogens (tertiary/aromatic N) is 1. The molecular formula is C17H25NO3. The number of aliphatic hydroxyl groups excluding tert-OH is 2. The molecule has 4 nitrogen and oxygen atoms in total. The summed E-state index contributed by atoms with van der Waals surface area (Å²) in [5.41, 5.74) is 2.34. The Labute approximate surface area is 126 Å². The predicted octanol–water partition coefficient (Wildman–Crippen LogP) is 2.07. The van der Waals surface area contributed by atoms with Crippen LogP contribution < -0.4 is 0 Å². The number of aliphatic imine (C=N–C) groups is 1. The molecule has 0 bridgehead atoms. The van der Waals surface area contributed by atoms with Crippen LogP contribution in [-0.2, 0) is 16.7 Å². The maximum absolute atomic E-state index is 9.86.